The molecule has 3 atom stereocenters. The molecular formula is C14H20BF3NO2-. The molecule has 0 aliphatic heterocycles. The summed E-state index contributed by atoms with van der Waals surface area (Å²) in [6.45, 7) is -2.13. The van der Waals surface area contributed by atoms with Crippen LogP contribution in [0.25, 0.3) is 0 Å². The second kappa shape index (κ2) is 6.98. The second-order valence-corrected chi connectivity index (χ2v) is 5.39. The van der Waals surface area contributed by atoms with Gasteiger partial charge in [0.1, 0.15) is 0 Å². The van der Waals surface area contributed by atoms with Gasteiger partial charge < -0.3 is 23.0 Å². The van der Waals surface area contributed by atoms with Crippen LogP contribution in [0.5, 0.6) is 0 Å². The van der Waals surface area contributed by atoms with Crippen LogP contribution in [0, 0.1) is 5.92 Å². The van der Waals surface area contributed by atoms with E-state index in [1.54, 1.807) is 37.3 Å². The molecule has 0 aliphatic rings. The first-order chi connectivity index (χ1) is 9.63. The molecule has 7 heteroatoms. The molecule has 0 spiro atoms. The standard InChI is InChI=1S/C14H20BF3NO2/c1-10(9-15(16,17)18)14(21)19(3)11(2)13(20)12-7-5-4-6-8-12/h4-8,10-11,13,20H,9H2,1-3H3/q-1/t10-,11+,13-/m1/s1. The lowest BCUT2D eigenvalue weighted by Gasteiger charge is -2.32. The molecule has 0 saturated heterocycles. The molecule has 1 N–H and O–H groups in total. The molecule has 0 heterocycles. The van der Waals surface area contributed by atoms with Crippen molar-refractivity contribution < 1.29 is 22.8 Å². The molecule has 0 bridgehead atoms. The molecule has 1 rings (SSSR count). The Morgan fingerprint density at radius 3 is 2.24 bits per heavy atom. The van der Waals surface area contributed by atoms with E-state index < -0.39 is 37.3 Å². The second-order valence-electron chi connectivity index (χ2n) is 5.39. The van der Waals surface area contributed by atoms with Gasteiger partial charge in [-0.05, 0) is 12.5 Å². The van der Waals surface area contributed by atoms with Crippen LogP contribution in [0.15, 0.2) is 30.3 Å². The third-order valence-electron chi connectivity index (χ3n) is 3.60. The number of hydrogen-bond donors (Lipinski definition) is 1. The number of rotatable bonds is 6. The summed E-state index contributed by atoms with van der Waals surface area (Å²) in [7, 11) is 1.42. The van der Waals surface area contributed by atoms with Crippen molar-refractivity contribution >= 4 is 12.9 Å². The summed E-state index contributed by atoms with van der Waals surface area (Å²) in [4.78, 5) is 13.2. The summed E-state index contributed by atoms with van der Waals surface area (Å²) in [5.74, 6) is -1.75. The third-order valence-corrected chi connectivity index (χ3v) is 3.60. The number of carbonyl (C=O) groups is 1. The SMILES string of the molecule is C[C@H](C[B-](F)(F)F)C(=O)N(C)[C@@H](C)[C@@H](O)c1ccccc1. The average Bonchev–Trinajstić information content (AvgIpc) is 2.43. The molecule has 1 aromatic carbocycles. The van der Waals surface area contributed by atoms with Gasteiger partial charge in [0.2, 0.25) is 5.91 Å². The van der Waals surface area contributed by atoms with E-state index in [1.165, 1.54) is 18.9 Å². The Kier molecular flexibility index (Phi) is 5.83. The lowest BCUT2D eigenvalue weighted by molar-refractivity contribution is -0.137. The van der Waals surface area contributed by atoms with Crippen molar-refractivity contribution in [2.45, 2.75) is 32.3 Å². The van der Waals surface area contributed by atoms with Crippen molar-refractivity contribution in [2.24, 2.45) is 5.92 Å². The number of likely N-dealkylation sites (N-methyl/N-ethyl adjacent to an activating group) is 1. The number of halogens is 3. The van der Waals surface area contributed by atoms with Crippen LogP contribution in [-0.4, -0.2) is 36.0 Å². The number of amides is 1. The van der Waals surface area contributed by atoms with Crippen LogP contribution in [0.4, 0.5) is 12.9 Å². The van der Waals surface area contributed by atoms with Gasteiger partial charge in [-0.1, -0.05) is 43.6 Å². The summed E-state index contributed by atoms with van der Waals surface area (Å²) in [6, 6.07) is 8.11. The van der Waals surface area contributed by atoms with Crippen LogP contribution in [-0.2, 0) is 4.79 Å². The first-order valence-electron chi connectivity index (χ1n) is 6.84. The zero-order valence-corrected chi connectivity index (χ0v) is 12.3. The highest BCUT2D eigenvalue weighted by Crippen LogP contribution is 2.25. The summed E-state index contributed by atoms with van der Waals surface area (Å²) in [5, 5.41) is 10.2. The quantitative estimate of drug-likeness (QED) is 0.821. The van der Waals surface area contributed by atoms with Gasteiger partial charge in [-0.3, -0.25) is 4.79 Å². The smallest absolute Gasteiger partial charge is 0.449 e. The fourth-order valence-electron chi connectivity index (χ4n) is 2.19. The maximum Gasteiger partial charge on any atom is 0.479 e. The Hall–Kier alpha value is -1.50. The van der Waals surface area contributed by atoms with Crippen LogP contribution >= 0.6 is 0 Å². The molecule has 0 saturated carbocycles. The van der Waals surface area contributed by atoms with Gasteiger partial charge in [0, 0.05) is 13.0 Å². The van der Waals surface area contributed by atoms with Crippen molar-refractivity contribution in [3.05, 3.63) is 35.9 Å². The zero-order chi connectivity index (χ0) is 16.2. The molecular weight excluding hydrogens is 282 g/mol. The van der Waals surface area contributed by atoms with E-state index in [0.717, 1.165) is 0 Å². The van der Waals surface area contributed by atoms with Crippen molar-refractivity contribution in [3.63, 3.8) is 0 Å². The highest BCUT2D eigenvalue weighted by Gasteiger charge is 2.32. The molecule has 0 fully saturated rings. The van der Waals surface area contributed by atoms with E-state index in [1.807, 2.05) is 0 Å². The van der Waals surface area contributed by atoms with E-state index in [-0.39, 0.29) is 0 Å². The molecule has 0 radical (unpaired) electrons. The first kappa shape index (κ1) is 17.6. The monoisotopic (exact) mass is 302 g/mol. The van der Waals surface area contributed by atoms with Crippen LogP contribution in [0.3, 0.4) is 0 Å². The lowest BCUT2D eigenvalue weighted by atomic mass is 9.78. The predicted octanol–water partition coefficient (Wildman–Crippen LogP) is 3.05. The number of aliphatic hydroxyl groups is 1. The highest BCUT2D eigenvalue weighted by molar-refractivity contribution is 6.58. The van der Waals surface area contributed by atoms with Crippen LogP contribution in [0.1, 0.15) is 25.5 Å². The Morgan fingerprint density at radius 2 is 1.76 bits per heavy atom. The van der Waals surface area contributed by atoms with Gasteiger partial charge in [0.15, 0.2) is 0 Å². The molecule has 21 heavy (non-hydrogen) atoms. The van der Waals surface area contributed by atoms with Crippen molar-refractivity contribution in [2.75, 3.05) is 7.05 Å². The maximum absolute atomic E-state index is 12.4. The van der Waals surface area contributed by atoms with Crippen molar-refractivity contribution in [3.8, 4) is 0 Å². The largest absolute Gasteiger partial charge is 0.479 e. The topological polar surface area (TPSA) is 40.5 Å². The molecule has 0 aromatic heterocycles. The minimum absolute atomic E-state index is 0.608. The number of carbonyl (C=O) groups excluding carboxylic acids is 1. The Labute approximate surface area is 122 Å². The summed E-state index contributed by atoms with van der Waals surface area (Å²) < 4.78 is 37.2. The Balaban J connectivity index is 2.73. The molecule has 118 valence electrons. The van der Waals surface area contributed by atoms with Crippen molar-refractivity contribution in [1.29, 1.82) is 0 Å². The van der Waals surface area contributed by atoms with E-state index in [4.69, 9.17) is 0 Å². The minimum atomic E-state index is -5.00. The molecule has 0 aliphatic carbocycles. The molecule has 1 aromatic rings. The van der Waals surface area contributed by atoms with E-state index in [9.17, 15) is 22.8 Å². The Bertz CT molecular complexity index is 467. The number of aliphatic hydroxyl groups excluding tert-OH is 1. The van der Waals surface area contributed by atoms with Gasteiger partial charge in [-0.2, -0.15) is 0 Å². The predicted molar refractivity (Wildman–Crippen MR) is 76.7 cm³/mol. The fraction of sp³-hybridized carbons (Fsp3) is 0.500. The fourth-order valence-corrected chi connectivity index (χ4v) is 2.19. The third kappa shape index (κ3) is 5.08. The lowest BCUT2D eigenvalue weighted by Crippen LogP contribution is -2.42. The van der Waals surface area contributed by atoms with E-state index >= 15 is 0 Å². The van der Waals surface area contributed by atoms with Gasteiger partial charge >= 0.3 is 6.98 Å². The van der Waals surface area contributed by atoms with E-state index in [2.05, 4.69) is 0 Å². The first-order valence-corrected chi connectivity index (χ1v) is 6.84. The number of benzene rings is 1. The van der Waals surface area contributed by atoms with Crippen LogP contribution in [0.2, 0.25) is 6.32 Å². The van der Waals surface area contributed by atoms with Crippen LogP contribution < -0.4 is 0 Å². The van der Waals surface area contributed by atoms with Gasteiger partial charge in [0.05, 0.1) is 12.1 Å². The highest BCUT2D eigenvalue weighted by atomic mass is 19.4. The maximum atomic E-state index is 12.4. The molecule has 1 amide bonds. The number of hydrogen-bond acceptors (Lipinski definition) is 2. The molecule has 0 unspecified atom stereocenters. The minimum Gasteiger partial charge on any atom is -0.449 e. The summed E-state index contributed by atoms with van der Waals surface area (Å²) >= 11 is 0. The average molecular weight is 302 g/mol. The van der Waals surface area contributed by atoms with Gasteiger partial charge in [-0.15, -0.1) is 0 Å². The summed E-state index contributed by atoms with van der Waals surface area (Å²) in [5.41, 5.74) is 0.623. The Morgan fingerprint density at radius 1 is 1.24 bits per heavy atom. The van der Waals surface area contributed by atoms with E-state index in [0.29, 0.717) is 5.56 Å². The molecule has 3 nitrogen and oxygen atoms in total. The summed E-state index contributed by atoms with van der Waals surface area (Å²) in [6.07, 6.45) is -2.04. The normalized spacial score (nSPS) is 16.1. The van der Waals surface area contributed by atoms with Gasteiger partial charge in [-0.25, -0.2) is 0 Å². The zero-order valence-electron chi connectivity index (χ0n) is 12.3. The van der Waals surface area contributed by atoms with Crippen molar-refractivity contribution in [1.82, 2.24) is 4.90 Å². The van der Waals surface area contributed by atoms with Gasteiger partial charge in [0.25, 0.3) is 0 Å². The number of nitrogens with zero attached hydrogens (tertiary/aromatic N) is 1.